The number of methoxy groups -OCH3 is 1. The maximum atomic E-state index is 13.1. The SMILES string of the molecule is CC[C@@H](C)N(CC(=O)N(CCOC)Cc1cccn1C)C(=O)COc1ccccc1. The molecule has 1 atom stereocenters. The second kappa shape index (κ2) is 12.0. The van der Waals surface area contributed by atoms with Crippen LogP contribution in [0.25, 0.3) is 0 Å². The highest BCUT2D eigenvalue weighted by Crippen LogP contribution is 2.12. The Morgan fingerprint density at radius 1 is 1.10 bits per heavy atom. The van der Waals surface area contributed by atoms with Crippen molar-refractivity contribution in [1.82, 2.24) is 14.4 Å². The predicted molar refractivity (Wildman–Crippen MR) is 116 cm³/mol. The van der Waals surface area contributed by atoms with E-state index >= 15 is 0 Å². The van der Waals surface area contributed by atoms with Crippen molar-refractivity contribution in [1.29, 1.82) is 0 Å². The molecule has 1 heterocycles. The molecule has 0 radical (unpaired) electrons. The van der Waals surface area contributed by atoms with Crippen LogP contribution >= 0.6 is 0 Å². The lowest BCUT2D eigenvalue weighted by molar-refractivity contribution is -0.144. The fourth-order valence-corrected chi connectivity index (χ4v) is 3.05. The van der Waals surface area contributed by atoms with Crippen molar-refractivity contribution in [2.24, 2.45) is 7.05 Å². The first-order valence-corrected chi connectivity index (χ1v) is 10.3. The zero-order valence-corrected chi connectivity index (χ0v) is 18.4. The molecule has 0 saturated carbocycles. The third-order valence-corrected chi connectivity index (χ3v) is 5.18. The van der Waals surface area contributed by atoms with Crippen molar-refractivity contribution >= 4 is 11.8 Å². The maximum Gasteiger partial charge on any atom is 0.261 e. The summed E-state index contributed by atoms with van der Waals surface area (Å²) in [5.41, 5.74) is 1.02. The van der Waals surface area contributed by atoms with Gasteiger partial charge in [-0.05, 0) is 37.6 Å². The highest BCUT2D eigenvalue weighted by atomic mass is 16.5. The molecule has 2 rings (SSSR count). The molecule has 0 fully saturated rings. The Morgan fingerprint density at radius 2 is 1.83 bits per heavy atom. The van der Waals surface area contributed by atoms with Crippen LogP contribution in [0.15, 0.2) is 48.7 Å². The summed E-state index contributed by atoms with van der Waals surface area (Å²) in [4.78, 5) is 29.3. The third-order valence-electron chi connectivity index (χ3n) is 5.18. The van der Waals surface area contributed by atoms with E-state index in [2.05, 4.69) is 0 Å². The number of ether oxygens (including phenoxy) is 2. The number of hydrogen-bond donors (Lipinski definition) is 0. The van der Waals surface area contributed by atoms with Gasteiger partial charge in [0.05, 0.1) is 13.2 Å². The van der Waals surface area contributed by atoms with E-state index in [1.54, 1.807) is 29.0 Å². The van der Waals surface area contributed by atoms with Crippen LogP contribution in [0.5, 0.6) is 5.75 Å². The third kappa shape index (κ3) is 6.91. The van der Waals surface area contributed by atoms with Gasteiger partial charge in [0.1, 0.15) is 12.3 Å². The number of nitrogens with zero attached hydrogens (tertiary/aromatic N) is 3. The van der Waals surface area contributed by atoms with Crippen molar-refractivity contribution in [2.45, 2.75) is 32.9 Å². The Bertz CT molecular complexity index is 791. The summed E-state index contributed by atoms with van der Waals surface area (Å²) in [5.74, 6) is 0.320. The van der Waals surface area contributed by atoms with Crippen LogP contribution in [0, 0.1) is 0 Å². The zero-order chi connectivity index (χ0) is 21.9. The Morgan fingerprint density at radius 3 is 2.43 bits per heavy atom. The summed E-state index contributed by atoms with van der Waals surface area (Å²) in [7, 11) is 3.56. The summed E-state index contributed by atoms with van der Waals surface area (Å²) in [6, 6.07) is 13.1. The monoisotopic (exact) mass is 415 g/mol. The lowest BCUT2D eigenvalue weighted by Crippen LogP contribution is -2.48. The molecule has 1 aromatic heterocycles. The molecule has 0 aliphatic carbocycles. The minimum atomic E-state index is -0.202. The molecule has 0 aliphatic heterocycles. The topological polar surface area (TPSA) is 64.0 Å². The van der Waals surface area contributed by atoms with E-state index in [9.17, 15) is 9.59 Å². The molecule has 7 heteroatoms. The molecule has 0 saturated heterocycles. The largest absolute Gasteiger partial charge is 0.484 e. The summed E-state index contributed by atoms with van der Waals surface area (Å²) in [6.45, 7) is 5.23. The van der Waals surface area contributed by atoms with E-state index in [1.165, 1.54) is 0 Å². The van der Waals surface area contributed by atoms with Crippen molar-refractivity contribution in [3.8, 4) is 5.75 Å². The van der Waals surface area contributed by atoms with Crippen molar-refractivity contribution in [2.75, 3.05) is 33.4 Å². The van der Waals surface area contributed by atoms with Gasteiger partial charge in [-0.3, -0.25) is 9.59 Å². The van der Waals surface area contributed by atoms with Crippen LogP contribution in [0.1, 0.15) is 26.0 Å². The number of carbonyl (C=O) groups is 2. The molecule has 164 valence electrons. The quantitative estimate of drug-likeness (QED) is 0.535. The van der Waals surface area contributed by atoms with Crippen LogP contribution in [-0.2, 0) is 27.9 Å². The van der Waals surface area contributed by atoms with E-state index in [0.29, 0.717) is 25.4 Å². The van der Waals surface area contributed by atoms with E-state index in [1.807, 2.05) is 62.0 Å². The molecular weight excluding hydrogens is 382 g/mol. The van der Waals surface area contributed by atoms with Crippen molar-refractivity contribution in [3.05, 3.63) is 54.4 Å². The lowest BCUT2D eigenvalue weighted by atomic mass is 10.2. The van der Waals surface area contributed by atoms with Crippen LogP contribution in [0.2, 0.25) is 0 Å². The minimum absolute atomic E-state index is 0.0140. The van der Waals surface area contributed by atoms with Crippen LogP contribution in [-0.4, -0.2) is 65.6 Å². The fraction of sp³-hybridized carbons (Fsp3) is 0.478. The van der Waals surface area contributed by atoms with E-state index < -0.39 is 0 Å². The molecule has 1 aromatic carbocycles. The number of hydrogen-bond acceptors (Lipinski definition) is 4. The Kier molecular flexibility index (Phi) is 9.41. The number of carbonyl (C=O) groups excluding carboxylic acids is 2. The molecule has 2 aromatic rings. The molecule has 0 unspecified atom stereocenters. The fourth-order valence-electron chi connectivity index (χ4n) is 3.05. The number of rotatable bonds is 12. The predicted octanol–water partition coefficient (Wildman–Crippen LogP) is 2.71. The lowest BCUT2D eigenvalue weighted by Gasteiger charge is -2.31. The van der Waals surface area contributed by atoms with E-state index in [0.717, 1.165) is 12.1 Å². The summed E-state index contributed by atoms with van der Waals surface area (Å²) < 4.78 is 12.8. The highest BCUT2D eigenvalue weighted by molar-refractivity contribution is 5.85. The average Bonchev–Trinajstić information content (AvgIpc) is 3.17. The number of benzene rings is 1. The molecule has 2 amide bonds. The minimum Gasteiger partial charge on any atom is -0.484 e. The molecular formula is C23H33N3O4. The number of aryl methyl sites for hydroxylation is 1. The number of aromatic nitrogens is 1. The highest BCUT2D eigenvalue weighted by Gasteiger charge is 2.25. The zero-order valence-electron chi connectivity index (χ0n) is 18.4. The van der Waals surface area contributed by atoms with Gasteiger partial charge in [0.25, 0.3) is 5.91 Å². The smallest absolute Gasteiger partial charge is 0.261 e. The second-order valence-corrected chi connectivity index (χ2v) is 7.30. The standard InChI is InChI=1S/C23H33N3O4/c1-5-19(2)26(23(28)18-30-21-11-7-6-8-12-21)17-22(27)25(14-15-29-4)16-20-10-9-13-24(20)3/h6-13,19H,5,14-18H2,1-4H3/t19-/m1/s1. The summed E-state index contributed by atoms with van der Waals surface area (Å²) in [6.07, 6.45) is 2.70. The Labute approximate surface area is 179 Å². The van der Waals surface area contributed by atoms with Gasteiger partial charge in [-0.15, -0.1) is 0 Å². The van der Waals surface area contributed by atoms with Crippen molar-refractivity contribution in [3.63, 3.8) is 0 Å². The van der Waals surface area contributed by atoms with Gasteiger partial charge < -0.3 is 23.8 Å². The van der Waals surface area contributed by atoms with Gasteiger partial charge in [-0.2, -0.15) is 0 Å². The van der Waals surface area contributed by atoms with Crippen LogP contribution in [0.4, 0.5) is 0 Å². The number of para-hydroxylation sites is 1. The Hall–Kier alpha value is -2.80. The first-order valence-electron chi connectivity index (χ1n) is 10.3. The van der Waals surface area contributed by atoms with Crippen LogP contribution in [0.3, 0.4) is 0 Å². The van der Waals surface area contributed by atoms with Crippen LogP contribution < -0.4 is 4.74 Å². The summed E-state index contributed by atoms with van der Waals surface area (Å²) >= 11 is 0. The van der Waals surface area contributed by atoms with E-state index in [4.69, 9.17) is 9.47 Å². The molecule has 0 spiro atoms. The average molecular weight is 416 g/mol. The van der Waals surface area contributed by atoms with Gasteiger partial charge in [-0.25, -0.2) is 0 Å². The molecule has 0 aliphatic rings. The molecule has 0 bridgehead atoms. The van der Waals surface area contributed by atoms with E-state index in [-0.39, 0.29) is 31.0 Å². The van der Waals surface area contributed by atoms with Gasteiger partial charge in [0, 0.05) is 38.6 Å². The maximum absolute atomic E-state index is 13.1. The van der Waals surface area contributed by atoms with Gasteiger partial charge in [0.2, 0.25) is 5.91 Å². The second-order valence-electron chi connectivity index (χ2n) is 7.30. The van der Waals surface area contributed by atoms with Gasteiger partial charge in [-0.1, -0.05) is 25.1 Å². The molecule has 30 heavy (non-hydrogen) atoms. The molecule has 7 nitrogen and oxygen atoms in total. The van der Waals surface area contributed by atoms with Gasteiger partial charge >= 0.3 is 0 Å². The summed E-state index contributed by atoms with van der Waals surface area (Å²) in [5, 5.41) is 0. The first kappa shape index (κ1) is 23.5. The number of amides is 2. The Balaban J connectivity index is 2.06. The normalized spacial score (nSPS) is 11.7. The molecule has 0 N–H and O–H groups in total. The first-order chi connectivity index (χ1) is 14.5. The van der Waals surface area contributed by atoms with Gasteiger partial charge in [0.15, 0.2) is 6.61 Å². The van der Waals surface area contributed by atoms with Crippen molar-refractivity contribution < 1.29 is 19.1 Å².